The maximum atomic E-state index is 8.71. The number of aromatic nitrogens is 1. The van der Waals surface area contributed by atoms with E-state index in [1.54, 1.807) is 6.07 Å². The van der Waals surface area contributed by atoms with Gasteiger partial charge in [0.05, 0.1) is 0 Å². The highest BCUT2D eigenvalue weighted by molar-refractivity contribution is 5.37. The number of hydrogen-bond acceptors (Lipinski definition) is 4. The van der Waals surface area contributed by atoms with Gasteiger partial charge in [-0.25, -0.2) is 9.99 Å². The Balaban J connectivity index is 2.00. The van der Waals surface area contributed by atoms with E-state index < -0.39 is 0 Å². The first-order chi connectivity index (χ1) is 7.38. The number of hydrazine groups is 1. The second-order valence-electron chi connectivity index (χ2n) is 3.68. The number of hydrogen-bond donors (Lipinski definition) is 1. The number of nitrogens with zero attached hydrogens (tertiary/aromatic N) is 3. The zero-order valence-corrected chi connectivity index (χ0v) is 8.61. The summed E-state index contributed by atoms with van der Waals surface area (Å²) < 4.78 is 0. The van der Waals surface area contributed by atoms with Crippen LogP contribution in [0.25, 0.3) is 0 Å². The molecule has 1 aliphatic rings. The fraction of sp³-hybridized carbons (Fsp3) is 0.455. The molecule has 0 unspecified atom stereocenters. The molecule has 0 aliphatic carbocycles. The highest BCUT2D eigenvalue weighted by Crippen LogP contribution is 2.11. The van der Waals surface area contributed by atoms with Crippen LogP contribution in [0.5, 0.6) is 0 Å². The van der Waals surface area contributed by atoms with Crippen molar-refractivity contribution >= 4 is 5.82 Å². The number of piperidine rings is 1. The Morgan fingerprint density at radius 2 is 2.07 bits per heavy atom. The van der Waals surface area contributed by atoms with E-state index in [9.17, 15) is 0 Å². The van der Waals surface area contributed by atoms with Crippen molar-refractivity contribution in [3.05, 3.63) is 23.9 Å². The maximum Gasteiger partial charge on any atom is 0.142 e. The van der Waals surface area contributed by atoms with Crippen LogP contribution >= 0.6 is 0 Å². The molecule has 0 amide bonds. The summed E-state index contributed by atoms with van der Waals surface area (Å²) in [4.78, 5) is 4.17. The predicted octanol–water partition coefficient (Wildman–Crippen LogP) is 1.77. The van der Waals surface area contributed by atoms with E-state index in [1.807, 2.05) is 18.2 Å². The fourth-order valence-corrected chi connectivity index (χ4v) is 1.73. The lowest BCUT2D eigenvalue weighted by molar-refractivity contribution is 0.272. The summed E-state index contributed by atoms with van der Waals surface area (Å²) in [5, 5.41) is 10.9. The van der Waals surface area contributed by atoms with Crippen LogP contribution in [0.15, 0.2) is 18.2 Å². The van der Waals surface area contributed by atoms with Gasteiger partial charge in [-0.3, -0.25) is 0 Å². The molecule has 1 N–H and O–H groups in total. The first kappa shape index (κ1) is 9.94. The summed E-state index contributed by atoms with van der Waals surface area (Å²) >= 11 is 0. The molecule has 0 bridgehead atoms. The zero-order chi connectivity index (χ0) is 10.5. The predicted molar refractivity (Wildman–Crippen MR) is 58.0 cm³/mol. The van der Waals surface area contributed by atoms with Crippen LogP contribution in [0, 0.1) is 11.3 Å². The smallest absolute Gasteiger partial charge is 0.142 e. The van der Waals surface area contributed by atoms with E-state index in [2.05, 4.69) is 15.4 Å². The van der Waals surface area contributed by atoms with Gasteiger partial charge in [0.25, 0.3) is 0 Å². The van der Waals surface area contributed by atoms with Gasteiger partial charge in [0.15, 0.2) is 0 Å². The van der Waals surface area contributed by atoms with Gasteiger partial charge in [0, 0.05) is 13.1 Å². The number of nitriles is 1. The van der Waals surface area contributed by atoms with Crippen molar-refractivity contribution in [2.45, 2.75) is 19.3 Å². The van der Waals surface area contributed by atoms with Gasteiger partial charge >= 0.3 is 0 Å². The van der Waals surface area contributed by atoms with Crippen molar-refractivity contribution in [1.82, 2.24) is 9.99 Å². The van der Waals surface area contributed by atoms with Crippen LogP contribution < -0.4 is 5.43 Å². The highest BCUT2D eigenvalue weighted by atomic mass is 15.5. The van der Waals surface area contributed by atoms with Crippen LogP contribution in [0.1, 0.15) is 25.0 Å². The van der Waals surface area contributed by atoms with Crippen LogP contribution in [-0.2, 0) is 0 Å². The first-order valence-corrected chi connectivity index (χ1v) is 5.27. The monoisotopic (exact) mass is 202 g/mol. The van der Waals surface area contributed by atoms with Crippen molar-refractivity contribution in [2.24, 2.45) is 0 Å². The quantitative estimate of drug-likeness (QED) is 0.794. The fourth-order valence-electron chi connectivity index (χ4n) is 1.73. The highest BCUT2D eigenvalue weighted by Gasteiger charge is 2.09. The zero-order valence-electron chi connectivity index (χ0n) is 8.61. The third-order valence-electron chi connectivity index (χ3n) is 2.49. The third-order valence-corrected chi connectivity index (χ3v) is 2.49. The number of rotatable bonds is 2. The van der Waals surface area contributed by atoms with Crippen LogP contribution in [-0.4, -0.2) is 23.1 Å². The van der Waals surface area contributed by atoms with Gasteiger partial charge in [0.2, 0.25) is 0 Å². The molecule has 4 heteroatoms. The van der Waals surface area contributed by atoms with Crippen molar-refractivity contribution in [2.75, 3.05) is 18.5 Å². The molecule has 0 radical (unpaired) electrons. The second-order valence-corrected chi connectivity index (χ2v) is 3.68. The molecular weight excluding hydrogens is 188 g/mol. The minimum atomic E-state index is 0.456. The van der Waals surface area contributed by atoms with Crippen molar-refractivity contribution in [3.63, 3.8) is 0 Å². The Bertz CT molecular complexity index is 363. The van der Waals surface area contributed by atoms with Crippen molar-refractivity contribution < 1.29 is 0 Å². The van der Waals surface area contributed by atoms with Gasteiger partial charge in [-0.2, -0.15) is 5.26 Å². The molecule has 1 fully saturated rings. The van der Waals surface area contributed by atoms with Crippen LogP contribution in [0.3, 0.4) is 0 Å². The SMILES string of the molecule is N#Cc1cccc(NN2CCCCC2)n1. The topological polar surface area (TPSA) is 52.0 Å². The average Bonchev–Trinajstić information content (AvgIpc) is 2.31. The maximum absolute atomic E-state index is 8.71. The molecule has 0 aromatic carbocycles. The Kier molecular flexibility index (Phi) is 3.15. The lowest BCUT2D eigenvalue weighted by Gasteiger charge is -2.27. The Morgan fingerprint density at radius 3 is 2.80 bits per heavy atom. The molecule has 1 aromatic heterocycles. The summed E-state index contributed by atoms with van der Waals surface area (Å²) in [6.45, 7) is 2.11. The van der Waals surface area contributed by atoms with Gasteiger partial charge in [-0.05, 0) is 25.0 Å². The van der Waals surface area contributed by atoms with Crippen LogP contribution in [0.4, 0.5) is 5.82 Å². The summed E-state index contributed by atoms with van der Waals surface area (Å²) in [6.07, 6.45) is 3.76. The minimum Gasteiger partial charge on any atom is -0.303 e. The normalized spacial score (nSPS) is 17.0. The third kappa shape index (κ3) is 2.67. The molecular formula is C11H14N4. The van der Waals surface area contributed by atoms with E-state index >= 15 is 0 Å². The number of nitrogens with one attached hydrogen (secondary N) is 1. The Labute approximate surface area is 89.5 Å². The van der Waals surface area contributed by atoms with Gasteiger partial charge in [0.1, 0.15) is 17.6 Å². The lowest BCUT2D eigenvalue weighted by atomic mass is 10.2. The van der Waals surface area contributed by atoms with E-state index in [0.29, 0.717) is 5.69 Å². The molecule has 4 nitrogen and oxygen atoms in total. The largest absolute Gasteiger partial charge is 0.303 e. The summed E-state index contributed by atoms with van der Waals surface area (Å²) in [5.41, 5.74) is 3.68. The second kappa shape index (κ2) is 4.76. The van der Waals surface area contributed by atoms with Crippen molar-refractivity contribution in [3.8, 4) is 6.07 Å². The summed E-state index contributed by atoms with van der Waals surface area (Å²) in [6, 6.07) is 7.47. The Hall–Kier alpha value is -1.60. The molecule has 1 aliphatic heterocycles. The molecule has 15 heavy (non-hydrogen) atoms. The van der Waals surface area contributed by atoms with Gasteiger partial charge < -0.3 is 5.43 Å². The summed E-state index contributed by atoms with van der Waals surface area (Å²) in [5.74, 6) is 0.760. The molecule has 0 atom stereocenters. The molecule has 1 aromatic rings. The Morgan fingerprint density at radius 1 is 1.27 bits per heavy atom. The molecule has 0 spiro atoms. The molecule has 78 valence electrons. The van der Waals surface area contributed by atoms with E-state index in [1.165, 1.54) is 19.3 Å². The molecule has 1 saturated heterocycles. The minimum absolute atomic E-state index is 0.456. The van der Waals surface area contributed by atoms with Crippen LogP contribution in [0.2, 0.25) is 0 Å². The first-order valence-electron chi connectivity index (χ1n) is 5.27. The van der Waals surface area contributed by atoms with E-state index in [4.69, 9.17) is 5.26 Å². The van der Waals surface area contributed by atoms with E-state index in [-0.39, 0.29) is 0 Å². The number of pyridine rings is 1. The standard InChI is InChI=1S/C11H14N4/c12-9-10-5-4-6-11(13-10)14-15-7-2-1-3-8-15/h4-6H,1-3,7-8H2,(H,13,14). The van der Waals surface area contributed by atoms with E-state index in [0.717, 1.165) is 18.9 Å². The molecule has 2 heterocycles. The average molecular weight is 202 g/mol. The molecule has 0 saturated carbocycles. The van der Waals surface area contributed by atoms with Gasteiger partial charge in [-0.1, -0.05) is 12.5 Å². The molecule has 2 rings (SSSR count). The summed E-state index contributed by atoms with van der Waals surface area (Å²) in [7, 11) is 0. The number of anilines is 1. The lowest BCUT2D eigenvalue weighted by Crippen LogP contribution is -2.35. The van der Waals surface area contributed by atoms with Gasteiger partial charge in [-0.15, -0.1) is 0 Å². The van der Waals surface area contributed by atoms with Crippen molar-refractivity contribution in [1.29, 1.82) is 5.26 Å².